The van der Waals surface area contributed by atoms with Crippen LogP contribution in [0.4, 0.5) is 5.69 Å². The lowest BCUT2D eigenvalue weighted by atomic mass is 10.0. The molecule has 1 aromatic rings. The maximum atomic E-state index is 8.60. The van der Waals surface area contributed by atoms with Crippen LogP contribution in [0.3, 0.4) is 0 Å². The van der Waals surface area contributed by atoms with Crippen LogP contribution in [0.2, 0.25) is 0 Å². The molecule has 0 aliphatic heterocycles. The van der Waals surface area contributed by atoms with E-state index in [4.69, 9.17) is 5.26 Å². The molecule has 15 heavy (non-hydrogen) atoms. The van der Waals surface area contributed by atoms with Crippen LogP contribution in [0, 0.1) is 11.3 Å². The Bertz CT molecular complexity index is 350. The summed E-state index contributed by atoms with van der Waals surface area (Å²) in [5, 5.41) is 12.0. The molecule has 0 saturated heterocycles. The Kier molecular flexibility index (Phi) is 4.17. The summed E-state index contributed by atoms with van der Waals surface area (Å²) in [5.74, 6) is 0.503. The second-order valence-corrected chi connectivity index (χ2v) is 4.15. The molecule has 0 heterocycles. The van der Waals surface area contributed by atoms with Crippen molar-refractivity contribution in [1.29, 1.82) is 5.26 Å². The summed E-state index contributed by atoms with van der Waals surface area (Å²) >= 11 is 0. The molecule has 80 valence electrons. The zero-order valence-corrected chi connectivity index (χ0v) is 9.62. The number of para-hydroxylation sites is 1. The van der Waals surface area contributed by atoms with Crippen molar-refractivity contribution in [2.24, 2.45) is 0 Å². The van der Waals surface area contributed by atoms with Gasteiger partial charge in [0.15, 0.2) is 0 Å². The Hall–Kier alpha value is -1.49. The van der Waals surface area contributed by atoms with E-state index in [1.165, 1.54) is 5.56 Å². The zero-order valence-electron chi connectivity index (χ0n) is 9.62. The van der Waals surface area contributed by atoms with E-state index in [1.807, 2.05) is 13.0 Å². The first-order valence-corrected chi connectivity index (χ1v) is 5.37. The van der Waals surface area contributed by atoms with Crippen molar-refractivity contribution in [2.45, 2.75) is 39.2 Å². The highest BCUT2D eigenvalue weighted by molar-refractivity contribution is 5.53. The number of hydrogen-bond donors (Lipinski definition) is 1. The Morgan fingerprint density at radius 2 is 1.93 bits per heavy atom. The fourth-order valence-corrected chi connectivity index (χ4v) is 1.59. The van der Waals surface area contributed by atoms with Gasteiger partial charge in [-0.2, -0.15) is 5.26 Å². The predicted octanol–water partition coefficient (Wildman–Crippen LogP) is 3.52. The minimum atomic E-state index is 0.204. The molecule has 2 nitrogen and oxygen atoms in total. The maximum Gasteiger partial charge on any atom is 0.0643 e. The average molecular weight is 202 g/mol. The quantitative estimate of drug-likeness (QED) is 0.810. The Morgan fingerprint density at radius 3 is 2.53 bits per heavy atom. The second kappa shape index (κ2) is 5.41. The molecular formula is C13H18N2. The summed E-state index contributed by atoms with van der Waals surface area (Å²) in [6.45, 7) is 6.38. The largest absolute Gasteiger partial charge is 0.381 e. The van der Waals surface area contributed by atoms with Crippen LogP contribution in [0.15, 0.2) is 24.3 Å². The topological polar surface area (TPSA) is 35.8 Å². The normalized spacial score (nSPS) is 12.2. The third-order valence-corrected chi connectivity index (χ3v) is 2.38. The van der Waals surface area contributed by atoms with Crippen molar-refractivity contribution in [3.8, 4) is 6.07 Å². The second-order valence-electron chi connectivity index (χ2n) is 4.15. The lowest BCUT2D eigenvalue weighted by molar-refractivity contribution is 0.806. The van der Waals surface area contributed by atoms with Crippen LogP contribution in [0.5, 0.6) is 0 Å². The Morgan fingerprint density at radius 1 is 1.27 bits per heavy atom. The van der Waals surface area contributed by atoms with E-state index in [2.05, 4.69) is 43.4 Å². The summed E-state index contributed by atoms with van der Waals surface area (Å²) < 4.78 is 0. The van der Waals surface area contributed by atoms with Crippen LogP contribution in [0.1, 0.15) is 38.7 Å². The summed E-state index contributed by atoms with van der Waals surface area (Å²) in [5.41, 5.74) is 2.46. The highest BCUT2D eigenvalue weighted by Crippen LogP contribution is 2.24. The minimum Gasteiger partial charge on any atom is -0.381 e. The molecule has 0 spiro atoms. The highest BCUT2D eigenvalue weighted by Gasteiger charge is 2.07. The SMILES string of the molecule is CC(CC#N)Nc1ccccc1C(C)C. The Balaban J connectivity index is 2.80. The van der Waals surface area contributed by atoms with Gasteiger partial charge in [0.05, 0.1) is 12.5 Å². The first-order valence-electron chi connectivity index (χ1n) is 5.37. The Labute approximate surface area is 91.9 Å². The van der Waals surface area contributed by atoms with Crippen LogP contribution in [-0.2, 0) is 0 Å². The fourth-order valence-electron chi connectivity index (χ4n) is 1.59. The highest BCUT2D eigenvalue weighted by atomic mass is 14.9. The van der Waals surface area contributed by atoms with Gasteiger partial charge in [0.1, 0.15) is 0 Å². The van der Waals surface area contributed by atoms with E-state index in [0.29, 0.717) is 12.3 Å². The van der Waals surface area contributed by atoms with Crippen LogP contribution >= 0.6 is 0 Å². The predicted molar refractivity (Wildman–Crippen MR) is 63.8 cm³/mol. The van der Waals surface area contributed by atoms with E-state index < -0.39 is 0 Å². The van der Waals surface area contributed by atoms with Crippen LogP contribution in [-0.4, -0.2) is 6.04 Å². The van der Waals surface area contributed by atoms with Gasteiger partial charge in [0.2, 0.25) is 0 Å². The van der Waals surface area contributed by atoms with Crippen molar-refractivity contribution in [1.82, 2.24) is 0 Å². The maximum absolute atomic E-state index is 8.60. The van der Waals surface area contributed by atoms with E-state index in [9.17, 15) is 0 Å². The van der Waals surface area contributed by atoms with E-state index in [0.717, 1.165) is 5.69 Å². The minimum absolute atomic E-state index is 0.204. The molecule has 0 amide bonds. The fraction of sp³-hybridized carbons (Fsp3) is 0.462. The molecule has 1 N–H and O–H groups in total. The monoisotopic (exact) mass is 202 g/mol. The molecule has 0 saturated carbocycles. The standard InChI is InChI=1S/C13H18N2/c1-10(2)12-6-4-5-7-13(12)15-11(3)8-9-14/h4-7,10-11,15H,8H2,1-3H3. The molecule has 0 fully saturated rings. The molecule has 0 radical (unpaired) electrons. The third-order valence-electron chi connectivity index (χ3n) is 2.38. The number of anilines is 1. The van der Waals surface area contributed by atoms with Crippen molar-refractivity contribution in [3.05, 3.63) is 29.8 Å². The van der Waals surface area contributed by atoms with Gasteiger partial charge in [0, 0.05) is 11.7 Å². The number of hydrogen-bond acceptors (Lipinski definition) is 2. The van der Waals surface area contributed by atoms with E-state index in [-0.39, 0.29) is 6.04 Å². The molecule has 1 aromatic carbocycles. The summed E-state index contributed by atoms with van der Waals surface area (Å²) in [6.07, 6.45) is 0.534. The van der Waals surface area contributed by atoms with Gasteiger partial charge in [-0.05, 0) is 24.5 Å². The number of rotatable bonds is 4. The molecule has 0 aromatic heterocycles. The van der Waals surface area contributed by atoms with Gasteiger partial charge >= 0.3 is 0 Å². The molecule has 1 atom stereocenters. The van der Waals surface area contributed by atoms with Crippen LogP contribution in [0.25, 0.3) is 0 Å². The smallest absolute Gasteiger partial charge is 0.0643 e. The van der Waals surface area contributed by atoms with Gasteiger partial charge in [-0.25, -0.2) is 0 Å². The van der Waals surface area contributed by atoms with Crippen molar-refractivity contribution >= 4 is 5.69 Å². The zero-order chi connectivity index (χ0) is 11.3. The number of nitriles is 1. The van der Waals surface area contributed by atoms with E-state index in [1.54, 1.807) is 0 Å². The lowest BCUT2D eigenvalue weighted by Crippen LogP contribution is -2.15. The summed E-state index contributed by atoms with van der Waals surface area (Å²) in [7, 11) is 0. The molecule has 0 aliphatic carbocycles. The summed E-state index contributed by atoms with van der Waals surface area (Å²) in [4.78, 5) is 0. The molecule has 1 unspecified atom stereocenters. The first-order chi connectivity index (χ1) is 7.15. The number of benzene rings is 1. The van der Waals surface area contributed by atoms with Crippen molar-refractivity contribution in [2.75, 3.05) is 5.32 Å². The van der Waals surface area contributed by atoms with Gasteiger partial charge in [0.25, 0.3) is 0 Å². The molecule has 1 rings (SSSR count). The average Bonchev–Trinajstić information content (AvgIpc) is 2.18. The van der Waals surface area contributed by atoms with Crippen molar-refractivity contribution in [3.63, 3.8) is 0 Å². The third kappa shape index (κ3) is 3.28. The lowest BCUT2D eigenvalue weighted by Gasteiger charge is -2.17. The van der Waals surface area contributed by atoms with Gasteiger partial charge in [-0.3, -0.25) is 0 Å². The van der Waals surface area contributed by atoms with Gasteiger partial charge < -0.3 is 5.32 Å². The molecular weight excluding hydrogens is 184 g/mol. The molecule has 2 heteroatoms. The summed E-state index contributed by atoms with van der Waals surface area (Å²) in [6, 6.07) is 10.7. The molecule has 0 aliphatic rings. The number of nitrogens with zero attached hydrogens (tertiary/aromatic N) is 1. The van der Waals surface area contributed by atoms with Gasteiger partial charge in [-0.1, -0.05) is 32.0 Å². The van der Waals surface area contributed by atoms with Gasteiger partial charge in [-0.15, -0.1) is 0 Å². The molecule has 0 bridgehead atoms. The van der Waals surface area contributed by atoms with Crippen molar-refractivity contribution < 1.29 is 0 Å². The first kappa shape index (κ1) is 11.6. The van der Waals surface area contributed by atoms with E-state index >= 15 is 0 Å². The number of nitrogens with one attached hydrogen (secondary N) is 1. The van der Waals surface area contributed by atoms with Crippen LogP contribution < -0.4 is 5.32 Å².